The van der Waals surface area contributed by atoms with E-state index in [9.17, 15) is 0 Å². The molecule has 0 radical (unpaired) electrons. The minimum absolute atomic E-state index is 0.850. The van der Waals surface area contributed by atoms with Crippen molar-refractivity contribution in [3.63, 3.8) is 0 Å². The van der Waals surface area contributed by atoms with Crippen LogP contribution >= 0.6 is 11.3 Å². The molecule has 0 saturated heterocycles. The number of aromatic nitrogens is 1. The summed E-state index contributed by atoms with van der Waals surface area (Å²) in [5.41, 5.74) is 2.45. The molecule has 1 aromatic carbocycles. The summed E-state index contributed by atoms with van der Waals surface area (Å²) in [5.74, 6) is 0. The summed E-state index contributed by atoms with van der Waals surface area (Å²) in [5, 5.41) is 4.52. The van der Waals surface area contributed by atoms with Crippen LogP contribution in [0.15, 0.2) is 35.9 Å². The minimum Gasteiger partial charge on any atom is -0.307 e. The number of hydrogen-bond acceptors (Lipinski definition) is 3. The van der Waals surface area contributed by atoms with Gasteiger partial charge in [0, 0.05) is 13.1 Å². The molecule has 0 saturated carbocycles. The second-order valence-electron chi connectivity index (χ2n) is 3.99. The molecule has 2 rings (SSSR count). The molecule has 16 heavy (non-hydrogen) atoms. The van der Waals surface area contributed by atoms with Crippen LogP contribution in [-0.4, -0.2) is 11.5 Å². The highest BCUT2D eigenvalue weighted by atomic mass is 32.1. The third-order valence-electron chi connectivity index (χ3n) is 2.27. The topological polar surface area (TPSA) is 24.9 Å². The van der Waals surface area contributed by atoms with E-state index < -0.39 is 0 Å². The van der Waals surface area contributed by atoms with Crippen molar-refractivity contribution in [1.29, 1.82) is 0 Å². The Labute approximate surface area is 100 Å². The summed E-state index contributed by atoms with van der Waals surface area (Å²) in [6.45, 7) is 5.99. The highest BCUT2D eigenvalue weighted by Gasteiger charge is 2.01. The fourth-order valence-electron chi connectivity index (χ4n) is 1.45. The van der Waals surface area contributed by atoms with Crippen LogP contribution in [0.3, 0.4) is 0 Å². The van der Waals surface area contributed by atoms with E-state index in [4.69, 9.17) is 0 Å². The molecule has 0 bridgehead atoms. The Morgan fingerprint density at radius 1 is 1.38 bits per heavy atom. The molecule has 2 nitrogen and oxygen atoms in total. The van der Waals surface area contributed by atoms with Crippen LogP contribution in [0.25, 0.3) is 10.2 Å². The Balaban J connectivity index is 1.97. The molecule has 0 amide bonds. The first-order valence-electron chi connectivity index (χ1n) is 5.44. The Morgan fingerprint density at radius 3 is 2.94 bits per heavy atom. The highest BCUT2D eigenvalue weighted by molar-refractivity contribution is 7.18. The van der Waals surface area contributed by atoms with Gasteiger partial charge in [-0.25, -0.2) is 4.98 Å². The first kappa shape index (κ1) is 11.3. The molecule has 1 N–H and O–H groups in total. The first-order valence-corrected chi connectivity index (χ1v) is 6.26. The van der Waals surface area contributed by atoms with Crippen molar-refractivity contribution in [2.45, 2.75) is 20.4 Å². The van der Waals surface area contributed by atoms with Crippen molar-refractivity contribution < 1.29 is 0 Å². The molecule has 1 aromatic heterocycles. The number of hydrogen-bond donors (Lipinski definition) is 1. The number of fused-ring (bicyclic) bond motifs is 1. The van der Waals surface area contributed by atoms with E-state index in [0.717, 1.165) is 23.6 Å². The van der Waals surface area contributed by atoms with Crippen LogP contribution in [0.4, 0.5) is 0 Å². The van der Waals surface area contributed by atoms with E-state index in [2.05, 4.69) is 48.4 Å². The van der Waals surface area contributed by atoms with Gasteiger partial charge in [0.05, 0.1) is 10.2 Å². The monoisotopic (exact) mass is 232 g/mol. The van der Waals surface area contributed by atoms with Crippen LogP contribution in [0.1, 0.15) is 18.9 Å². The van der Waals surface area contributed by atoms with Crippen molar-refractivity contribution in [1.82, 2.24) is 10.3 Å². The number of nitrogens with one attached hydrogen (secondary N) is 1. The highest BCUT2D eigenvalue weighted by Crippen LogP contribution is 2.21. The molecule has 3 heteroatoms. The fraction of sp³-hybridized carbons (Fsp3) is 0.308. The molecule has 0 fully saturated rings. The van der Waals surface area contributed by atoms with Crippen LogP contribution in [0, 0.1) is 0 Å². The maximum Gasteiger partial charge on any atom is 0.108 e. The van der Waals surface area contributed by atoms with Gasteiger partial charge in [-0.3, -0.25) is 0 Å². The smallest absolute Gasteiger partial charge is 0.108 e. The summed E-state index contributed by atoms with van der Waals surface area (Å²) >= 11 is 1.76. The third kappa shape index (κ3) is 2.90. The summed E-state index contributed by atoms with van der Waals surface area (Å²) in [6.07, 6.45) is 2.19. The van der Waals surface area contributed by atoms with E-state index in [1.165, 1.54) is 10.3 Å². The number of benzene rings is 1. The number of thiazole rings is 1. The average Bonchev–Trinajstić information content (AvgIpc) is 2.66. The number of rotatable bonds is 4. The summed E-state index contributed by atoms with van der Waals surface area (Å²) in [6, 6.07) is 8.27. The van der Waals surface area contributed by atoms with Gasteiger partial charge < -0.3 is 5.32 Å². The zero-order chi connectivity index (χ0) is 11.4. The van der Waals surface area contributed by atoms with E-state index in [1.807, 2.05) is 6.07 Å². The van der Waals surface area contributed by atoms with Crippen LogP contribution < -0.4 is 5.32 Å². The lowest BCUT2D eigenvalue weighted by Gasteiger charge is -1.97. The lowest BCUT2D eigenvalue weighted by molar-refractivity contribution is 0.753. The van der Waals surface area contributed by atoms with Gasteiger partial charge in [-0.2, -0.15) is 0 Å². The van der Waals surface area contributed by atoms with Gasteiger partial charge in [0.25, 0.3) is 0 Å². The fourth-order valence-corrected chi connectivity index (χ4v) is 2.39. The Bertz CT molecular complexity index is 462. The first-order chi connectivity index (χ1) is 7.75. The number of para-hydroxylation sites is 1. The lowest BCUT2D eigenvalue weighted by atomic mass is 10.3. The normalized spacial score (nSPS) is 10.6. The standard InChI is InChI=1S/C13H16N2S/c1-10(2)7-8-14-9-13-15-11-5-3-4-6-12(11)16-13/h3-7,14H,8-9H2,1-2H3. The van der Waals surface area contributed by atoms with Gasteiger partial charge in [0.1, 0.15) is 5.01 Å². The summed E-state index contributed by atoms with van der Waals surface area (Å²) in [4.78, 5) is 4.56. The van der Waals surface area contributed by atoms with E-state index >= 15 is 0 Å². The zero-order valence-corrected chi connectivity index (χ0v) is 10.5. The van der Waals surface area contributed by atoms with Gasteiger partial charge >= 0.3 is 0 Å². The molecule has 1 heterocycles. The molecule has 0 unspecified atom stereocenters. The molecule has 0 atom stereocenters. The average molecular weight is 232 g/mol. The van der Waals surface area contributed by atoms with E-state index in [-0.39, 0.29) is 0 Å². The van der Waals surface area contributed by atoms with Gasteiger partial charge in [-0.15, -0.1) is 11.3 Å². The van der Waals surface area contributed by atoms with Crippen molar-refractivity contribution in [3.8, 4) is 0 Å². The second kappa shape index (κ2) is 5.23. The van der Waals surface area contributed by atoms with Gasteiger partial charge in [-0.05, 0) is 26.0 Å². The SMILES string of the molecule is CC(C)=CCNCc1nc2ccccc2s1. The van der Waals surface area contributed by atoms with Crippen molar-refractivity contribution in [3.05, 3.63) is 40.9 Å². The molecule has 0 aliphatic rings. The van der Waals surface area contributed by atoms with Gasteiger partial charge in [-0.1, -0.05) is 23.8 Å². The number of allylic oxidation sites excluding steroid dienone is 1. The zero-order valence-electron chi connectivity index (χ0n) is 9.66. The van der Waals surface area contributed by atoms with E-state index in [0.29, 0.717) is 0 Å². The minimum atomic E-state index is 0.850. The predicted molar refractivity (Wildman–Crippen MR) is 70.8 cm³/mol. The molecule has 2 aromatic rings. The quantitative estimate of drug-likeness (QED) is 0.646. The molecule has 0 aliphatic carbocycles. The maximum absolute atomic E-state index is 4.56. The van der Waals surface area contributed by atoms with Gasteiger partial charge in [0.15, 0.2) is 0 Å². The van der Waals surface area contributed by atoms with Crippen molar-refractivity contribution >= 4 is 21.6 Å². The summed E-state index contributed by atoms with van der Waals surface area (Å²) in [7, 11) is 0. The van der Waals surface area contributed by atoms with E-state index in [1.54, 1.807) is 11.3 Å². The largest absolute Gasteiger partial charge is 0.307 e. The van der Waals surface area contributed by atoms with Crippen LogP contribution in [-0.2, 0) is 6.54 Å². The lowest BCUT2D eigenvalue weighted by Crippen LogP contribution is -2.12. The van der Waals surface area contributed by atoms with Crippen LogP contribution in [0.2, 0.25) is 0 Å². The number of nitrogens with zero attached hydrogens (tertiary/aromatic N) is 1. The predicted octanol–water partition coefficient (Wildman–Crippen LogP) is 3.35. The Hall–Kier alpha value is -1.19. The molecule has 0 aliphatic heterocycles. The second-order valence-corrected chi connectivity index (χ2v) is 5.10. The molecule has 0 spiro atoms. The maximum atomic E-state index is 4.56. The third-order valence-corrected chi connectivity index (χ3v) is 3.31. The van der Waals surface area contributed by atoms with Crippen molar-refractivity contribution in [2.75, 3.05) is 6.54 Å². The molecule has 84 valence electrons. The summed E-state index contributed by atoms with van der Waals surface area (Å²) < 4.78 is 1.27. The van der Waals surface area contributed by atoms with Gasteiger partial charge in [0.2, 0.25) is 0 Å². The van der Waals surface area contributed by atoms with Crippen molar-refractivity contribution in [2.24, 2.45) is 0 Å². The molecular weight excluding hydrogens is 216 g/mol. The Morgan fingerprint density at radius 2 is 2.19 bits per heavy atom. The molecular formula is C13H16N2S. The Kier molecular flexibility index (Phi) is 3.70. The van der Waals surface area contributed by atoms with Crippen LogP contribution in [0.5, 0.6) is 0 Å².